The van der Waals surface area contributed by atoms with Crippen molar-refractivity contribution in [2.75, 3.05) is 33.2 Å². The van der Waals surface area contributed by atoms with Gasteiger partial charge in [0, 0.05) is 37.6 Å². The van der Waals surface area contributed by atoms with Gasteiger partial charge in [-0.1, -0.05) is 0 Å². The molecule has 0 aromatic carbocycles. The zero-order valence-electron chi connectivity index (χ0n) is 10.3. The first-order valence-corrected chi connectivity index (χ1v) is 6.61. The molecular weight excluding hydrogens is 236 g/mol. The van der Waals surface area contributed by atoms with Gasteiger partial charge in [0.05, 0.1) is 0 Å². The lowest BCUT2D eigenvalue weighted by molar-refractivity contribution is 0.0702. The highest BCUT2D eigenvalue weighted by Gasteiger charge is 2.17. The Labute approximate surface area is 105 Å². The van der Waals surface area contributed by atoms with E-state index in [4.69, 9.17) is 5.11 Å². The van der Waals surface area contributed by atoms with Crippen LogP contribution in [0.2, 0.25) is 0 Å². The van der Waals surface area contributed by atoms with Crippen LogP contribution in [0.5, 0.6) is 0 Å². The molecule has 94 valence electrons. The quantitative estimate of drug-likeness (QED) is 0.888. The van der Waals surface area contributed by atoms with Crippen molar-refractivity contribution in [3.63, 3.8) is 0 Å². The van der Waals surface area contributed by atoms with E-state index in [-0.39, 0.29) is 0 Å². The normalized spacial score (nSPS) is 18.5. The third-order valence-corrected chi connectivity index (χ3v) is 4.30. The molecule has 0 amide bonds. The standard InChI is InChI=1S/C12H18N2O2S/c1-9-10(7-11(17-9)12(15)16)8-14-5-3-13(2)4-6-14/h7H,3-6,8H2,1-2H3,(H,15,16). The van der Waals surface area contributed by atoms with Gasteiger partial charge in [0.2, 0.25) is 0 Å². The smallest absolute Gasteiger partial charge is 0.345 e. The predicted octanol–water partition coefficient (Wildman–Crippen LogP) is 1.50. The fraction of sp³-hybridized carbons (Fsp3) is 0.583. The summed E-state index contributed by atoms with van der Waals surface area (Å²) < 4.78 is 0. The minimum Gasteiger partial charge on any atom is -0.477 e. The van der Waals surface area contributed by atoms with Crippen LogP contribution in [0.4, 0.5) is 0 Å². The van der Waals surface area contributed by atoms with E-state index in [1.165, 1.54) is 11.3 Å². The van der Waals surface area contributed by atoms with Crippen molar-refractivity contribution >= 4 is 17.3 Å². The van der Waals surface area contributed by atoms with Crippen molar-refractivity contribution < 1.29 is 9.90 Å². The lowest BCUT2D eigenvalue weighted by Gasteiger charge is -2.32. The van der Waals surface area contributed by atoms with Gasteiger partial charge in [-0.15, -0.1) is 11.3 Å². The molecule has 0 aliphatic carbocycles. The Morgan fingerprint density at radius 3 is 2.59 bits per heavy atom. The van der Waals surface area contributed by atoms with Crippen molar-refractivity contribution in [1.29, 1.82) is 0 Å². The number of piperazine rings is 1. The number of thiophene rings is 1. The second-order valence-corrected chi connectivity index (χ2v) is 5.83. The minimum absolute atomic E-state index is 0.451. The molecule has 0 radical (unpaired) electrons. The van der Waals surface area contributed by atoms with Gasteiger partial charge in [0.25, 0.3) is 0 Å². The molecule has 0 unspecified atom stereocenters. The molecule has 5 heteroatoms. The topological polar surface area (TPSA) is 43.8 Å². The summed E-state index contributed by atoms with van der Waals surface area (Å²) in [4.78, 5) is 17.2. The zero-order chi connectivity index (χ0) is 12.4. The molecule has 1 saturated heterocycles. The van der Waals surface area contributed by atoms with Gasteiger partial charge in [0.15, 0.2) is 0 Å². The SMILES string of the molecule is Cc1sc(C(=O)O)cc1CN1CCN(C)CC1. The number of hydrogen-bond acceptors (Lipinski definition) is 4. The highest BCUT2D eigenvalue weighted by Crippen LogP contribution is 2.23. The number of carboxylic acids is 1. The maximum Gasteiger partial charge on any atom is 0.345 e. The highest BCUT2D eigenvalue weighted by molar-refractivity contribution is 7.14. The van der Waals surface area contributed by atoms with Crippen LogP contribution in [0, 0.1) is 6.92 Å². The number of carbonyl (C=O) groups is 1. The molecule has 4 nitrogen and oxygen atoms in total. The summed E-state index contributed by atoms with van der Waals surface area (Å²) in [6, 6.07) is 1.82. The lowest BCUT2D eigenvalue weighted by atomic mass is 10.2. The maximum absolute atomic E-state index is 10.9. The largest absolute Gasteiger partial charge is 0.477 e. The summed E-state index contributed by atoms with van der Waals surface area (Å²) in [5.41, 5.74) is 1.16. The molecule has 2 heterocycles. The van der Waals surface area contributed by atoms with Gasteiger partial charge in [-0.3, -0.25) is 4.90 Å². The minimum atomic E-state index is -0.817. The molecule has 1 N–H and O–H groups in total. The summed E-state index contributed by atoms with van der Waals surface area (Å²) in [5.74, 6) is -0.817. The summed E-state index contributed by atoms with van der Waals surface area (Å²) in [6.07, 6.45) is 0. The Bertz CT molecular complexity index is 409. The molecule has 0 bridgehead atoms. The van der Waals surface area contributed by atoms with Crippen molar-refractivity contribution in [2.45, 2.75) is 13.5 Å². The molecule has 0 saturated carbocycles. The van der Waals surface area contributed by atoms with Crippen LogP contribution < -0.4 is 0 Å². The number of aromatic carboxylic acids is 1. The van der Waals surface area contributed by atoms with Gasteiger partial charge in [-0.25, -0.2) is 4.79 Å². The number of rotatable bonds is 3. The lowest BCUT2D eigenvalue weighted by Crippen LogP contribution is -2.43. The molecule has 1 aromatic heterocycles. The molecule has 1 aromatic rings. The van der Waals surface area contributed by atoms with Crippen molar-refractivity contribution in [1.82, 2.24) is 9.80 Å². The second-order valence-electron chi connectivity index (χ2n) is 4.58. The zero-order valence-corrected chi connectivity index (χ0v) is 11.1. The monoisotopic (exact) mass is 254 g/mol. The Kier molecular flexibility index (Phi) is 3.81. The summed E-state index contributed by atoms with van der Waals surface area (Å²) in [6.45, 7) is 7.19. The van der Waals surface area contributed by atoms with Crippen LogP contribution in [0.1, 0.15) is 20.1 Å². The summed E-state index contributed by atoms with van der Waals surface area (Å²) >= 11 is 1.37. The van der Waals surface area contributed by atoms with Gasteiger partial charge in [0.1, 0.15) is 4.88 Å². The first kappa shape index (κ1) is 12.5. The Balaban J connectivity index is 2.01. The third-order valence-electron chi connectivity index (χ3n) is 3.22. The van der Waals surface area contributed by atoms with Gasteiger partial charge >= 0.3 is 5.97 Å². The van der Waals surface area contributed by atoms with E-state index >= 15 is 0 Å². The van der Waals surface area contributed by atoms with E-state index in [0.717, 1.165) is 43.2 Å². The number of likely N-dealkylation sites (N-methyl/N-ethyl adjacent to an activating group) is 1. The number of aryl methyl sites for hydroxylation is 1. The predicted molar refractivity (Wildman–Crippen MR) is 68.8 cm³/mol. The molecule has 17 heavy (non-hydrogen) atoms. The average molecular weight is 254 g/mol. The van der Waals surface area contributed by atoms with Crippen molar-refractivity contribution in [3.8, 4) is 0 Å². The van der Waals surface area contributed by atoms with E-state index in [0.29, 0.717) is 4.88 Å². The van der Waals surface area contributed by atoms with Crippen LogP contribution in [0.25, 0.3) is 0 Å². The second kappa shape index (κ2) is 5.16. The van der Waals surface area contributed by atoms with Gasteiger partial charge in [-0.05, 0) is 25.6 Å². The number of carboxylic acid groups (broad SMARTS) is 1. The number of hydrogen-bond donors (Lipinski definition) is 1. The van der Waals surface area contributed by atoms with Crippen LogP contribution in [0.15, 0.2) is 6.07 Å². The maximum atomic E-state index is 10.9. The molecule has 1 aliphatic heterocycles. The molecule has 0 spiro atoms. The fourth-order valence-corrected chi connectivity index (χ4v) is 2.90. The summed E-state index contributed by atoms with van der Waals surface area (Å²) in [5, 5.41) is 8.95. The average Bonchev–Trinajstić information content (AvgIpc) is 2.64. The highest BCUT2D eigenvalue weighted by atomic mass is 32.1. The Morgan fingerprint density at radius 1 is 1.41 bits per heavy atom. The third kappa shape index (κ3) is 3.06. The van der Waals surface area contributed by atoms with E-state index in [9.17, 15) is 4.79 Å². The van der Waals surface area contributed by atoms with E-state index < -0.39 is 5.97 Å². The van der Waals surface area contributed by atoms with E-state index in [1.807, 2.05) is 13.0 Å². The van der Waals surface area contributed by atoms with Crippen LogP contribution in [0.3, 0.4) is 0 Å². The van der Waals surface area contributed by atoms with Crippen LogP contribution in [-0.4, -0.2) is 54.1 Å². The Hall–Kier alpha value is -0.910. The van der Waals surface area contributed by atoms with E-state index in [1.54, 1.807) is 0 Å². The molecular formula is C12H18N2O2S. The first-order valence-electron chi connectivity index (χ1n) is 5.80. The van der Waals surface area contributed by atoms with Crippen LogP contribution >= 0.6 is 11.3 Å². The molecule has 1 fully saturated rings. The fourth-order valence-electron chi connectivity index (χ4n) is 2.03. The van der Waals surface area contributed by atoms with Gasteiger partial charge < -0.3 is 10.0 Å². The molecule has 2 rings (SSSR count). The van der Waals surface area contributed by atoms with Crippen LogP contribution in [-0.2, 0) is 6.54 Å². The van der Waals surface area contributed by atoms with E-state index in [2.05, 4.69) is 16.8 Å². The Morgan fingerprint density at radius 2 is 2.06 bits per heavy atom. The van der Waals surface area contributed by atoms with Crippen molar-refractivity contribution in [2.24, 2.45) is 0 Å². The first-order chi connectivity index (χ1) is 8.06. The summed E-state index contributed by atoms with van der Waals surface area (Å²) in [7, 11) is 2.13. The molecule has 1 aliphatic rings. The van der Waals surface area contributed by atoms with Crippen molar-refractivity contribution in [3.05, 3.63) is 21.4 Å². The van der Waals surface area contributed by atoms with Gasteiger partial charge in [-0.2, -0.15) is 0 Å². The number of nitrogens with zero attached hydrogens (tertiary/aromatic N) is 2. The molecule has 0 atom stereocenters.